The number of hydrogen-bond donors (Lipinski definition) is 0. The van der Waals surface area contributed by atoms with Crippen LogP contribution in [-0.2, 0) is 19.3 Å². The number of aromatic nitrogens is 1. The molecule has 0 radical (unpaired) electrons. The number of nitrogens with zero attached hydrogens (tertiary/aromatic N) is 2. The van der Waals surface area contributed by atoms with E-state index < -0.39 is 20.8 Å². The van der Waals surface area contributed by atoms with Crippen LogP contribution in [0.5, 0.6) is 5.88 Å². The van der Waals surface area contributed by atoms with Gasteiger partial charge in [0.15, 0.2) is 9.84 Å². The molecule has 10 heteroatoms. The molecule has 0 bridgehead atoms. The van der Waals surface area contributed by atoms with Crippen molar-refractivity contribution in [1.82, 2.24) is 4.98 Å². The minimum atomic E-state index is -3.73. The van der Waals surface area contributed by atoms with Gasteiger partial charge in [-0.1, -0.05) is 11.6 Å². The van der Waals surface area contributed by atoms with Crippen molar-refractivity contribution in [2.45, 2.75) is 42.8 Å². The van der Waals surface area contributed by atoms with Crippen LogP contribution in [0.2, 0.25) is 5.02 Å². The summed E-state index contributed by atoms with van der Waals surface area (Å²) in [5.41, 5.74) is 0.237. The number of rotatable bonds is 5. The highest BCUT2D eigenvalue weighted by Gasteiger charge is 2.38. The van der Waals surface area contributed by atoms with Gasteiger partial charge in [0.2, 0.25) is 11.8 Å². The first-order chi connectivity index (χ1) is 13.0. The maximum atomic E-state index is 14.3. The summed E-state index contributed by atoms with van der Waals surface area (Å²) in [7, 11) is -3.73. The number of sulfone groups is 1. The summed E-state index contributed by atoms with van der Waals surface area (Å²) >= 11 is 6.02. The second-order valence-electron chi connectivity index (χ2n) is 7.05. The molecule has 2 atom stereocenters. The fourth-order valence-electron chi connectivity index (χ4n) is 3.76. The topological polar surface area (TPSA) is 78.0 Å². The number of anilines is 1. The Kier molecular flexibility index (Phi) is 5.46. The van der Waals surface area contributed by atoms with E-state index in [1.807, 2.05) is 4.90 Å². The third-order valence-electron chi connectivity index (χ3n) is 5.13. The molecule has 0 unspecified atom stereocenters. The van der Waals surface area contributed by atoms with Gasteiger partial charge >= 0.3 is 0 Å². The lowest BCUT2D eigenvalue weighted by Crippen LogP contribution is -2.41. The lowest BCUT2D eigenvalue weighted by atomic mass is 10.2. The first-order valence-corrected chi connectivity index (χ1v) is 11.2. The minimum absolute atomic E-state index is 0.00602. The summed E-state index contributed by atoms with van der Waals surface area (Å²) < 4.78 is 56.5. The van der Waals surface area contributed by atoms with E-state index in [-0.39, 0.29) is 47.6 Å². The third kappa shape index (κ3) is 3.87. The van der Waals surface area contributed by atoms with Crippen molar-refractivity contribution in [1.29, 1.82) is 0 Å². The average Bonchev–Trinajstić information content (AvgIpc) is 3.32. The van der Waals surface area contributed by atoms with Crippen molar-refractivity contribution < 1.29 is 27.0 Å². The molecular weight excluding hydrogens is 399 g/mol. The maximum Gasteiger partial charge on any atom is 0.241 e. The molecule has 3 aliphatic rings. The van der Waals surface area contributed by atoms with Crippen molar-refractivity contribution in [3.8, 4) is 5.88 Å². The quantitative estimate of drug-likeness (QED) is 0.676. The molecule has 0 aliphatic carbocycles. The smallest absolute Gasteiger partial charge is 0.241 e. The molecule has 0 spiro atoms. The van der Waals surface area contributed by atoms with Crippen LogP contribution in [0.3, 0.4) is 0 Å². The van der Waals surface area contributed by atoms with Crippen LogP contribution in [-0.4, -0.2) is 64.3 Å². The highest BCUT2D eigenvalue weighted by Crippen LogP contribution is 2.43. The normalized spacial score (nSPS) is 27.0. The monoisotopic (exact) mass is 420 g/mol. The van der Waals surface area contributed by atoms with Gasteiger partial charge in [-0.3, -0.25) is 0 Å². The van der Waals surface area contributed by atoms with Gasteiger partial charge < -0.3 is 19.1 Å². The molecule has 0 N–H and O–H groups in total. The lowest BCUT2D eigenvalue weighted by Gasteiger charge is -2.34. The number of ether oxygens (including phenoxy) is 3. The Bertz CT molecular complexity index is 810. The molecule has 1 aromatic heterocycles. The van der Waals surface area contributed by atoms with Crippen LogP contribution < -0.4 is 9.64 Å². The average molecular weight is 421 g/mol. The number of pyridine rings is 1. The van der Waals surface area contributed by atoms with Crippen LogP contribution in [0.15, 0.2) is 4.90 Å². The van der Waals surface area contributed by atoms with Gasteiger partial charge in [0, 0.05) is 26.3 Å². The Morgan fingerprint density at radius 3 is 2.59 bits per heavy atom. The summed E-state index contributed by atoms with van der Waals surface area (Å²) in [6.07, 6.45) is 3.53. The summed E-state index contributed by atoms with van der Waals surface area (Å²) in [6.45, 7) is 2.29. The number of fused-ring (bicyclic) bond motifs is 1. The molecule has 150 valence electrons. The van der Waals surface area contributed by atoms with Crippen molar-refractivity contribution in [3.63, 3.8) is 0 Å². The van der Waals surface area contributed by atoms with E-state index in [0.717, 1.165) is 25.7 Å². The zero-order valence-corrected chi connectivity index (χ0v) is 16.4. The van der Waals surface area contributed by atoms with Crippen molar-refractivity contribution in [2.75, 3.05) is 43.6 Å². The zero-order valence-electron chi connectivity index (χ0n) is 14.8. The van der Waals surface area contributed by atoms with E-state index in [1.54, 1.807) is 0 Å². The van der Waals surface area contributed by atoms with Crippen LogP contribution in [0.1, 0.15) is 25.7 Å². The van der Waals surface area contributed by atoms with Crippen molar-refractivity contribution in [3.05, 3.63) is 11.0 Å². The van der Waals surface area contributed by atoms with Gasteiger partial charge in [0.1, 0.15) is 22.2 Å². The Hall–Kier alpha value is -1.16. The molecule has 2 fully saturated rings. The second kappa shape index (κ2) is 7.69. The summed E-state index contributed by atoms with van der Waals surface area (Å²) in [6, 6.07) is 0. The van der Waals surface area contributed by atoms with E-state index in [0.29, 0.717) is 19.8 Å². The van der Waals surface area contributed by atoms with E-state index in [4.69, 9.17) is 25.8 Å². The molecule has 27 heavy (non-hydrogen) atoms. The second-order valence-corrected chi connectivity index (χ2v) is 9.47. The molecular formula is C17H22ClFN2O5S. The van der Waals surface area contributed by atoms with Gasteiger partial charge in [-0.15, -0.1) is 0 Å². The highest BCUT2D eigenvalue weighted by molar-refractivity contribution is 7.91. The summed E-state index contributed by atoms with van der Waals surface area (Å²) in [5.74, 6) is -1.23. The summed E-state index contributed by atoms with van der Waals surface area (Å²) in [5, 5.41) is -0.480. The van der Waals surface area contributed by atoms with Crippen LogP contribution in [0, 0.1) is 5.95 Å². The van der Waals surface area contributed by atoms with Crippen LogP contribution >= 0.6 is 11.6 Å². The molecule has 4 rings (SSSR count). The van der Waals surface area contributed by atoms with Crippen molar-refractivity contribution in [2.24, 2.45) is 0 Å². The zero-order chi connectivity index (χ0) is 19.0. The third-order valence-corrected chi connectivity index (χ3v) is 7.33. The van der Waals surface area contributed by atoms with E-state index in [2.05, 4.69) is 4.98 Å². The maximum absolute atomic E-state index is 14.3. The Morgan fingerprint density at radius 2 is 1.93 bits per heavy atom. The minimum Gasteiger partial charge on any atom is -0.473 e. The van der Waals surface area contributed by atoms with Gasteiger partial charge in [-0.05, 0) is 25.7 Å². The predicted molar refractivity (Wildman–Crippen MR) is 96.9 cm³/mol. The molecule has 7 nitrogen and oxygen atoms in total. The van der Waals surface area contributed by atoms with Gasteiger partial charge in [0.25, 0.3) is 0 Å². The standard InChI is InChI=1S/C17H22ClFN2O5S/c18-13-15-14(17(20-16(13)19)26-10-12-4-2-7-25-12)21(5-8-27(15,22)23)9-11-3-1-6-24-11/h11-12H,1-10H2/t11-,12+/m0/s1. The Labute approximate surface area is 162 Å². The number of hydrogen-bond acceptors (Lipinski definition) is 7. The largest absolute Gasteiger partial charge is 0.473 e. The molecule has 4 heterocycles. The van der Waals surface area contributed by atoms with E-state index in [9.17, 15) is 12.8 Å². The fourth-order valence-corrected chi connectivity index (χ4v) is 5.78. The van der Waals surface area contributed by atoms with Gasteiger partial charge in [0.05, 0.1) is 18.0 Å². The predicted octanol–water partition coefficient (Wildman–Crippen LogP) is 2.20. The SMILES string of the molecule is O=S1(=O)CCN(C[C@@H]2CCCO2)c2c(OC[C@H]3CCCO3)nc(F)c(Cl)c21. The first kappa shape index (κ1) is 19.2. The molecule has 0 amide bonds. The first-order valence-electron chi connectivity index (χ1n) is 9.18. The number of halogens is 2. The van der Waals surface area contributed by atoms with Gasteiger partial charge in [-0.2, -0.15) is 9.37 Å². The van der Waals surface area contributed by atoms with E-state index >= 15 is 0 Å². The fraction of sp³-hybridized carbons (Fsp3) is 0.706. The Morgan fingerprint density at radius 1 is 1.22 bits per heavy atom. The van der Waals surface area contributed by atoms with Crippen LogP contribution in [0.25, 0.3) is 0 Å². The molecule has 0 saturated carbocycles. The molecule has 2 saturated heterocycles. The van der Waals surface area contributed by atoms with Crippen LogP contribution in [0.4, 0.5) is 10.1 Å². The molecule has 3 aliphatic heterocycles. The van der Waals surface area contributed by atoms with Crippen molar-refractivity contribution >= 4 is 27.1 Å². The lowest BCUT2D eigenvalue weighted by molar-refractivity contribution is 0.0659. The highest BCUT2D eigenvalue weighted by atomic mass is 35.5. The Balaban J connectivity index is 1.70. The van der Waals surface area contributed by atoms with E-state index in [1.165, 1.54) is 0 Å². The molecule has 0 aromatic carbocycles. The van der Waals surface area contributed by atoms with Gasteiger partial charge in [-0.25, -0.2) is 8.42 Å². The summed E-state index contributed by atoms with van der Waals surface area (Å²) in [4.78, 5) is 5.42. The molecule has 1 aromatic rings.